The first-order valence-electron chi connectivity index (χ1n) is 11.6. The molecule has 2 aromatic rings. The molecule has 0 amide bonds. The van der Waals surface area contributed by atoms with Gasteiger partial charge in [-0.25, -0.2) is 18.4 Å². The third kappa shape index (κ3) is 4.64. The summed E-state index contributed by atoms with van der Waals surface area (Å²) in [6.45, 7) is 4.18. The normalized spacial score (nSPS) is 18.4. The smallest absolute Gasteiger partial charge is 0.214 e. The number of sulfonamides is 1. The van der Waals surface area contributed by atoms with Crippen LogP contribution in [0.15, 0.2) is 12.1 Å². The van der Waals surface area contributed by atoms with Gasteiger partial charge in [-0.3, -0.25) is 0 Å². The van der Waals surface area contributed by atoms with Crippen molar-refractivity contribution < 1.29 is 17.9 Å². The molecule has 0 spiro atoms. The van der Waals surface area contributed by atoms with Crippen LogP contribution in [0.25, 0.3) is 10.9 Å². The number of rotatable bonds is 8. The maximum absolute atomic E-state index is 12.6. The van der Waals surface area contributed by atoms with E-state index in [-0.39, 0.29) is 5.75 Å². The third-order valence-corrected chi connectivity index (χ3v) is 8.56. The van der Waals surface area contributed by atoms with E-state index in [0.717, 1.165) is 41.8 Å². The topological polar surface area (TPSA) is 84.9 Å². The zero-order valence-electron chi connectivity index (χ0n) is 19.3. The fourth-order valence-corrected chi connectivity index (χ4v) is 6.33. The van der Waals surface area contributed by atoms with Gasteiger partial charge >= 0.3 is 0 Å². The molecule has 176 valence electrons. The van der Waals surface area contributed by atoms with Crippen molar-refractivity contribution in [1.29, 1.82) is 0 Å². The first-order valence-corrected chi connectivity index (χ1v) is 13.2. The van der Waals surface area contributed by atoms with Crippen LogP contribution in [-0.4, -0.2) is 68.8 Å². The molecule has 1 aromatic heterocycles. The van der Waals surface area contributed by atoms with Gasteiger partial charge in [-0.15, -0.1) is 0 Å². The number of benzene rings is 1. The number of fused-ring (bicyclic) bond motifs is 1. The molecule has 2 aliphatic rings. The number of ether oxygens (including phenoxy) is 2. The molecule has 32 heavy (non-hydrogen) atoms. The van der Waals surface area contributed by atoms with Gasteiger partial charge in [0.2, 0.25) is 10.0 Å². The third-order valence-electron chi connectivity index (χ3n) is 6.61. The highest BCUT2D eigenvalue weighted by Crippen LogP contribution is 2.39. The Kier molecular flexibility index (Phi) is 7.05. The van der Waals surface area contributed by atoms with Gasteiger partial charge in [-0.05, 0) is 25.3 Å². The lowest BCUT2D eigenvalue weighted by Gasteiger charge is -2.35. The van der Waals surface area contributed by atoms with Crippen LogP contribution < -0.4 is 14.4 Å². The van der Waals surface area contributed by atoms with Gasteiger partial charge in [-0.1, -0.05) is 26.2 Å². The first-order chi connectivity index (χ1) is 15.5. The second-order valence-electron chi connectivity index (χ2n) is 8.67. The number of nitrogens with zero attached hydrogens (tertiary/aromatic N) is 4. The first kappa shape index (κ1) is 23.0. The maximum Gasteiger partial charge on any atom is 0.214 e. The molecule has 1 aromatic carbocycles. The van der Waals surface area contributed by atoms with Crippen LogP contribution in [0.2, 0.25) is 0 Å². The average Bonchev–Trinajstić information content (AvgIpc) is 3.36. The molecule has 8 nitrogen and oxygen atoms in total. The van der Waals surface area contributed by atoms with Crippen LogP contribution in [0, 0.1) is 0 Å². The Morgan fingerprint density at radius 1 is 1.00 bits per heavy atom. The van der Waals surface area contributed by atoms with Gasteiger partial charge in [0.1, 0.15) is 11.6 Å². The Labute approximate surface area is 191 Å². The van der Waals surface area contributed by atoms with Gasteiger partial charge in [-0.2, -0.15) is 4.31 Å². The molecular formula is C23H34N4O4S. The van der Waals surface area contributed by atoms with Gasteiger partial charge in [0, 0.05) is 43.5 Å². The Balaban J connectivity index is 1.67. The van der Waals surface area contributed by atoms with E-state index < -0.39 is 10.0 Å². The predicted molar refractivity (Wildman–Crippen MR) is 126 cm³/mol. The molecule has 1 saturated carbocycles. The number of unbranched alkanes of at least 4 members (excludes halogenated alkanes) is 1. The molecule has 2 heterocycles. The molecule has 2 fully saturated rings. The molecule has 4 rings (SSSR count). The summed E-state index contributed by atoms with van der Waals surface area (Å²) in [6.07, 6.45) is 6.22. The van der Waals surface area contributed by atoms with Crippen LogP contribution in [0.4, 0.5) is 5.82 Å². The van der Waals surface area contributed by atoms with Crippen molar-refractivity contribution in [2.45, 2.75) is 51.4 Å². The lowest BCUT2D eigenvalue weighted by atomic mass is 10.1. The summed E-state index contributed by atoms with van der Waals surface area (Å²) >= 11 is 0. The summed E-state index contributed by atoms with van der Waals surface area (Å²) < 4.78 is 37.9. The molecule has 1 aliphatic heterocycles. The zero-order chi connectivity index (χ0) is 22.7. The highest BCUT2D eigenvalue weighted by molar-refractivity contribution is 7.89. The minimum absolute atomic E-state index is 0.225. The Morgan fingerprint density at radius 2 is 1.66 bits per heavy atom. The van der Waals surface area contributed by atoms with Crippen molar-refractivity contribution in [3.63, 3.8) is 0 Å². The van der Waals surface area contributed by atoms with Crippen LogP contribution in [0.5, 0.6) is 11.5 Å². The predicted octanol–water partition coefficient (Wildman–Crippen LogP) is 3.56. The maximum atomic E-state index is 12.6. The molecule has 9 heteroatoms. The van der Waals surface area contributed by atoms with E-state index in [0.29, 0.717) is 50.0 Å². The summed E-state index contributed by atoms with van der Waals surface area (Å²) in [4.78, 5) is 12.1. The van der Waals surface area contributed by atoms with Gasteiger partial charge in [0.15, 0.2) is 11.5 Å². The number of anilines is 1. The molecule has 0 bridgehead atoms. The molecule has 0 unspecified atom stereocenters. The SMILES string of the molecule is CCCCS(=O)(=O)N1CCN(c2nc(C3CCCC3)nc3cc(OC)c(OC)cc23)CC1. The highest BCUT2D eigenvalue weighted by atomic mass is 32.2. The zero-order valence-corrected chi connectivity index (χ0v) is 20.2. The quantitative estimate of drug-likeness (QED) is 0.593. The largest absolute Gasteiger partial charge is 0.493 e. The molecule has 0 N–H and O–H groups in total. The van der Waals surface area contributed by atoms with E-state index in [1.807, 2.05) is 19.1 Å². The molecule has 0 radical (unpaired) electrons. The Morgan fingerprint density at radius 3 is 2.28 bits per heavy atom. The second-order valence-corrected chi connectivity index (χ2v) is 10.8. The lowest BCUT2D eigenvalue weighted by Crippen LogP contribution is -2.49. The van der Waals surface area contributed by atoms with Gasteiger partial charge in [0.05, 0.1) is 25.5 Å². The highest BCUT2D eigenvalue weighted by Gasteiger charge is 2.29. The number of aromatic nitrogens is 2. The summed E-state index contributed by atoms with van der Waals surface area (Å²) in [5.74, 6) is 3.64. The van der Waals surface area contributed by atoms with Crippen molar-refractivity contribution in [1.82, 2.24) is 14.3 Å². The molecule has 0 atom stereocenters. The van der Waals surface area contributed by atoms with Crippen molar-refractivity contribution in [3.05, 3.63) is 18.0 Å². The summed E-state index contributed by atoms with van der Waals surface area (Å²) in [5, 5.41) is 0.909. The van der Waals surface area contributed by atoms with E-state index in [1.165, 1.54) is 12.8 Å². The summed E-state index contributed by atoms with van der Waals surface area (Å²) in [7, 11) is 0.0518. The fraction of sp³-hybridized carbons (Fsp3) is 0.652. The molecule has 1 aliphatic carbocycles. The van der Waals surface area contributed by atoms with E-state index in [4.69, 9.17) is 19.4 Å². The molecular weight excluding hydrogens is 428 g/mol. The number of piperazine rings is 1. The van der Waals surface area contributed by atoms with E-state index >= 15 is 0 Å². The fourth-order valence-electron chi connectivity index (χ4n) is 4.70. The van der Waals surface area contributed by atoms with Crippen molar-refractivity contribution >= 4 is 26.7 Å². The minimum Gasteiger partial charge on any atom is -0.493 e. The molecule has 1 saturated heterocycles. The van der Waals surface area contributed by atoms with Crippen molar-refractivity contribution in [3.8, 4) is 11.5 Å². The van der Waals surface area contributed by atoms with Crippen LogP contribution in [0.3, 0.4) is 0 Å². The van der Waals surface area contributed by atoms with Crippen LogP contribution in [0.1, 0.15) is 57.2 Å². The van der Waals surface area contributed by atoms with Gasteiger partial charge in [0.25, 0.3) is 0 Å². The monoisotopic (exact) mass is 462 g/mol. The standard InChI is InChI=1S/C23H34N4O4S/c1-4-5-14-32(28,29)27-12-10-26(11-13-27)23-18-15-20(30-2)21(31-3)16-19(18)24-22(25-23)17-8-6-7-9-17/h15-17H,4-14H2,1-3H3. The summed E-state index contributed by atoms with van der Waals surface area (Å²) in [6, 6.07) is 3.86. The average molecular weight is 463 g/mol. The van der Waals surface area contributed by atoms with Crippen molar-refractivity contribution in [2.24, 2.45) is 0 Å². The van der Waals surface area contributed by atoms with Gasteiger partial charge < -0.3 is 14.4 Å². The minimum atomic E-state index is -3.20. The number of hydrogen-bond acceptors (Lipinski definition) is 7. The lowest BCUT2D eigenvalue weighted by molar-refractivity contribution is 0.355. The number of methoxy groups -OCH3 is 2. The van der Waals surface area contributed by atoms with Crippen LogP contribution in [-0.2, 0) is 10.0 Å². The second kappa shape index (κ2) is 9.79. The van der Waals surface area contributed by atoms with E-state index in [2.05, 4.69) is 4.90 Å². The van der Waals surface area contributed by atoms with E-state index in [9.17, 15) is 8.42 Å². The Hall–Kier alpha value is -2.13. The van der Waals surface area contributed by atoms with E-state index in [1.54, 1.807) is 18.5 Å². The van der Waals surface area contributed by atoms with Crippen LogP contribution >= 0.6 is 0 Å². The van der Waals surface area contributed by atoms with Crippen molar-refractivity contribution in [2.75, 3.05) is 51.1 Å². The number of hydrogen-bond donors (Lipinski definition) is 0. The Bertz CT molecular complexity index is 1050. The summed E-state index contributed by atoms with van der Waals surface area (Å²) in [5.41, 5.74) is 0.840.